The lowest BCUT2D eigenvalue weighted by Gasteiger charge is -2.21. The Morgan fingerprint density at radius 1 is 1.19 bits per heavy atom. The third-order valence-electron chi connectivity index (χ3n) is 3.39. The van der Waals surface area contributed by atoms with Gasteiger partial charge in [0.25, 0.3) is 0 Å². The molecular formula is C17H19BrClNO. The maximum Gasteiger partial charge on any atom is 0.0916 e. The molecule has 21 heavy (non-hydrogen) atoms. The summed E-state index contributed by atoms with van der Waals surface area (Å²) in [7, 11) is 1.98. The molecule has 112 valence electrons. The Morgan fingerprint density at radius 3 is 2.48 bits per heavy atom. The van der Waals surface area contributed by atoms with Crippen LogP contribution in [0, 0.1) is 6.92 Å². The van der Waals surface area contributed by atoms with E-state index in [9.17, 15) is 5.11 Å². The van der Waals surface area contributed by atoms with Gasteiger partial charge < -0.3 is 5.11 Å². The first-order chi connectivity index (χ1) is 9.95. The summed E-state index contributed by atoms with van der Waals surface area (Å²) in [5.74, 6) is 0. The number of hydrogen-bond acceptors (Lipinski definition) is 2. The van der Waals surface area contributed by atoms with Gasteiger partial charge in [-0.1, -0.05) is 51.8 Å². The lowest BCUT2D eigenvalue weighted by molar-refractivity contribution is 0.124. The van der Waals surface area contributed by atoms with Crippen LogP contribution in [0.1, 0.15) is 22.8 Å². The summed E-state index contributed by atoms with van der Waals surface area (Å²) >= 11 is 9.65. The number of aliphatic hydroxyl groups is 1. The minimum absolute atomic E-state index is 0.507. The second-order valence-electron chi connectivity index (χ2n) is 5.36. The molecule has 1 N–H and O–H groups in total. The second-order valence-corrected chi connectivity index (χ2v) is 6.68. The first-order valence-corrected chi connectivity index (χ1v) is 8.00. The van der Waals surface area contributed by atoms with Gasteiger partial charge in [0.05, 0.1) is 6.10 Å². The van der Waals surface area contributed by atoms with Crippen LogP contribution in [0.3, 0.4) is 0 Å². The zero-order valence-corrected chi connectivity index (χ0v) is 14.5. The van der Waals surface area contributed by atoms with E-state index in [4.69, 9.17) is 11.6 Å². The highest BCUT2D eigenvalue weighted by Crippen LogP contribution is 2.21. The molecule has 1 atom stereocenters. The molecule has 4 heteroatoms. The van der Waals surface area contributed by atoms with Gasteiger partial charge in [0, 0.05) is 22.6 Å². The SMILES string of the molecule is Cc1ccc(CN(C)CC(O)c2ccc(Br)cc2)c(Cl)c1. The number of rotatable bonds is 5. The summed E-state index contributed by atoms with van der Waals surface area (Å²) in [5, 5.41) is 11.1. The summed E-state index contributed by atoms with van der Waals surface area (Å²) in [5.41, 5.74) is 3.15. The van der Waals surface area contributed by atoms with Gasteiger partial charge in [-0.25, -0.2) is 0 Å². The fourth-order valence-electron chi connectivity index (χ4n) is 2.22. The number of nitrogens with zero attached hydrogens (tertiary/aromatic N) is 1. The molecule has 0 radical (unpaired) electrons. The summed E-state index contributed by atoms with van der Waals surface area (Å²) in [6, 6.07) is 13.8. The van der Waals surface area contributed by atoms with Gasteiger partial charge in [-0.05, 0) is 48.9 Å². The van der Waals surface area contributed by atoms with Crippen molar-refractivity contribution < 1.29 is 5.11 Å². The average molecular weight is 369 g/mol. The van der Waals surface area contributed by atoms with Crippen molar-refractivity contribution in [2.24, 2.45) is 0 Å². The van der Waals surface area contributed by atoms with Crippen molar-refractivity contribution in [2.75, 3.05) is 13.6 Å². The zero-order valence-electron chi connectivity index (χ0n) is 12.2. The normalized spacial score (nSPS) is 12.7. The van der Waals surface area contributed by atoms with Crippen LogP contribution in [0.15, 0.2) is 46.9 Å². The summed E-state index contributed by atoms with van der Waals surface area (Å²) in [6.07, 6.45) is -0.507. The predicted octanol–water partition coefficient (Wildman–Crippen LogP) is 4.58. The number of aryl methyl sites for hydroxylation is 1. The zero-order chi connectivity index (χ0) is 15.4. The molecule has 2 aromatic rings. The summed E-state index contributed by atoms with van der Waals surface area (Å²) in [4.78, 5) is 2.07. The highest BCUT2D eigenvalue weighted by Gasteiger charge is 2.12. The van der Waals surface area contributed by atoms with E-state index in [0.29, 0.717) is 13.1 Å². The van der Waals surface area contributed by atoms with Crippen LogP contribution >= 0.6 is 27.5 Å². The van der Waals surface area contributed by atoms with Crippen molar-refractivity contribution in [3.8, 4) is 0 Å². The Morgan fingerprint density at radius 2 is 1.86 bits per heavy atom. The quantitative estimate of drug-likeness (QED) is 0.835. The number of hydrogen-bond donors (Lipinski definition) is 1. The van der Waals surface area contributed by atoms with Crippen molar-refractivity contribution in [2.45, 2.75) is 19.6 Å². The Balaban J connectivity index is 1.97. The highest BCUT2D eigenvalue weighted by molar-refractivity contribution is 9.10. The largest absolute Gasteiger partial charge is 0.387 e. The molecule has 0 aliphatic rings. The molecule has 0 saturated carbocycles. The highest BCUT2D eigenvalue weighted by atomic mass is 79.9. The average Bonchev–Trinajstić information content (AvgIpc) is 2.42. The van der Waals surface area contributed by atoms with Gasteiger partial charge in [0.15, 0.2) is 0 Å². The second kappa shape index (κ2) is 7.41. The monoisotopic (exact) mass is 367 g/mol. The Hall–Kier alpha value is -0.870. The molecule has 0 heterocycles. The summed E-state index contributed by atoms with van der Waals surface area (Å²) in [6.45, 7) is 3.30. The lowest BCUT2D eigenvalue weighted by atomic mass is 10.1. The molecule has 2 nitrogen and oxygen atoms in total. The fourth-order valence-corrected chi connectivity index (χ4v) is 2.78. The molecule has 2 rings (SSSR count). The van der Waals surface area contributed by atoms with E-state index in [1.807, 2.05) is 50.4 Å². The third kappa shape index (κ3) is 4.82. The van der Waals surface area contributed by atoms with Gasteiger partial charge in [-0.3, -0.25) is 4.90 Å². The standard InChI is InChI=1S/C17H19BrClNO/c1-12-3-4-14(16(19)9-12)10-20(2)11-17(21)13-5-7-15(18)8-6-13/h3-9,17,21H,10-11H2,1-2H3. The number of halogens is 2. The van der Waals surface area contributed by atoms with Gasteiger partial charge in [-0.15, -0.1) is 0 Å². The Kier molecular flexibility index (Phi) is 5.82. The molecule has 0 aliphatic heterocycles. The van der Waals surface area contributed by atoms with Crippen molar-refractivity contribution in [3.05, 3.63) is 68.7 Å². The van der Waals surface area contributed by atoms with E-state index < -0.39 is 6.10 Å². The maximum atomic E-state index is 10.3. The molecule has 0 amide bonds. The molecule has 0 aromatic heterocycles. The molecular weight excluding hydrogens is 350 g/mol. The number of aliphatic hydroxyl groups excluding tert-OH is 1. The van der Waals surface area contributed by atoms with E-state index in [-0.39, 0.29) is 0 Å². The van der Waals surface area contributed by atoms with E-state index in [2.05, 4.69) is 26.9 Å². The van der Waals surface area contributed by atoms with Crippen molar-refractivity contribution >= 4 is 27.5 Å². The van der Waals surface area contributed by atoms with Gasteiger partial charge in [0.1, 0.15) is 0 Å². The Bertz CT molecular complexity index is 600. The molecule has 2 aromatic carbocycles. The van der Waals surface area contributed by atoms with E-state index >= 15 is 0 Å². The van der Waals surface area contributed by atoms with Crippen LogP contribution in [0.25, 0.3) is 0 Å². The maximum absolute atomic E-state index is 10.3. The Labute approximate surface area is 139 Å². The van der Waals surface area contributed by atoms with Gasteiger partial charge in [-0.2, -0.15) is 0 Å². The molecule has 0 fully saturated rings. The van der Waals surface area contributed by atoms with Crippen molar-refractivity contribution in [3.63, 3.8) is 0 Å². The summed E-state index contributed by atoms with van der Waals surface area (Å²) < 4.78 is 1.01. The van der Waals surface area contributed by atoms with Crippen molar-refractivity contribution in [1.82, 2.24) is 4.90 Å². The smallest absolute Gasteiger partial charge is 0.0916 e. The van der Waals surface area contributed by atoms with Crippen LogP contribution in [0.4, 0.5) is 0 Å². The minimum Gasteiger partial charge on any atom is -0.387 e. The number of likely N-dealkylation sites (N-methyl/N-ethyl adjacent to an activating group) is 1. The predicted molar refractivity (Wildman–Crippen MR) is 91.6 cm³/mol. The van der Waals surface area contributed by atoms with Crippen LogP contribution in [0.2, 0.25) is 5.02 Å². The first kappa shape index (κ1) is 16.5. The van der Waals surface area contributed by atoms with E-state index in [0.717, 1.165) is 26.2 Å². The van der Waals surface area contributed by atoms with E-state index in [1.54, 1.807) is 0 Å². The lowest BCUT2D eigenvalue weighted by Crippen LogP contribution is -2.24. The minimum atomic E-state index is -0.507. The molecule has 0 aliphatic carbocycles. The van der Waals surface area contributed by atoms with Gasteiger partial charge >= 0.3 is 0 Å². The van der Waals surface area contributed by atoms with Crippen molar-refractivity contribution in [1.29, 1.82) is 0 Å². The van der Waals surface area contributed by atoms with Crippen LogP contribution in [-0.4, -0.2) is 23.6 Å². The van der Waals surface area contributed by atoms with Crippen LogP contribution < -0.4 is 0 Å². The van der Waals surface area contributed by atoms with Crippen LogP contribution in [-0.2, 0) is 6.54 Å². The third-order valence-corrected chi connectivity index (χ3v) is 4.27. The van der Waals surface area contributed by atoms with E-state index in [1.165, 1.54) is 0 Å². The molecule has 1 unspecified atom stereocenters. The molecule has 0 bridgehead atoms. The number of benzene rings is 2. The molecule has 0 spiro atoms. The fraction of sp³-hybridized carbons (Fsp3) is 0.294. The topological polar surface area (TPSA) is 23.5 Å². The van der Waals surface area contributed by atoms with Gasteiger partial charge in [0.2, 0.25) is 0 Å². The first-order valence-electron chi connectivity index (χ1n) is 6.83. The van der Waals surface area contributed by atoms with Crippen LogP contribution in [0.5, 0.6) is 0 Å². The molecule has 0 saturated heterocycles.